The fourth-order valence-corrected chi connectivity index (χ4v) is 5.24. The minimum atomic E-state index is -1.13. The highest BCUT2D eigenvalue weighted by Gasteiger charge is 2.37. The number of halogens is 1. The number of carbonyl (C=O) groups excluding carboxylic acids is 3. The molecule has 4 amide bonds. The molecule has 2 aromatic rings. The maximum Gasteiger partial charge on any atom is 0.354 e. The van der Waals surface area contributed by atoms with E-state index in [-0.39, 0.29) is 36.0 Å². The normalized spacial score (nSPS) is 17.2. The number of piperidine rings is 1. The smallest absolute Gasteiger partial charge is 0.341 e. The molecule has 0 spiro atoms. The van der Waals surface area contributed by atoms with Crippen LogP contribution in [0, 0.1) is 5.92 Å². The Morgan fingerprint density at radius 2 is 1.57 bits per heavy atom. The van der Waals surface area contributed by atoms with Crippen molar-refractivity contribution in [1.82, 2.24) is 29.6 Å². The summed E-state index contributed by atoms with van der Waals surface area (Å²) in [6.45, 7) is 11.0. The molecule has 44 heavy (non-hydrogen) atoms. The van der Waals surface area contributed by atoms with Gasteiger partial charge in [0.1, 0.15) is 11.4 Å². The topological polar surface area (TPSA) is 172 Å². The van der Waals surface area contributed by atoms with Crippen LogP contribution in [0.15, 0.2) is 41.3 Å². The second kappa shape index (κ2) is 15.0. The molecule has 3 heterocycles. The number of nitrogens with one attached hydrogen (secondary N) is 2. The number of nitrogens with zero attached hydrogens (tertiary/aromatic N) is 5. The number of hydrogen-bond donors (Lipinski definition) is 4. The average molecular weight is 632 g/mol. The number of benzene rings is 1. The predicted octanol–water partition coefficient (Wildman–Crippen LogP) is 1.13. The number of rotatable bonds is 8. The molecule has 0 aliphatic carbocycles. The SMILES string of the molecule is CC(C)[C@H](N)C(=O)NC(C)(C)C(=O)N1CCN(C(=O)Nc2ccn(-c3ccc(CN4CCC(N)CC4)cc3)c(=O)n2)CC1.Cl. The zero-order valence-electron chi connectivity index (χ0n) is 26.0. The molecule has 1 aromatic carbocycles. The molecule has 2 aliphatic rings. The van der Waals surface area contributed by atoms with E-state index in [0.29, 0.717) is 37.9 Å². The molecule has 1 atom stereocenters. The Kier molecular flexibility index (Phi) is 11.9. The van der Waals surface area contributed by atoms with Crippen LogP contribution in [0.5, 0.6) is 0 Å². The molecule has 4 rings (SSSR count). The van der Waals surface area contributed by atoms with Gasteiger partial charge in [-0.2, -0.15) is 4.98 Å². The lowest BCUT2D eigenvalue weighted by Crippen LogP contribution is -2.62. The molecule has 0 radical (unpaired) electrons. The van der Waals surface area contributed by atoms with E-state index in [9.17, 15) is 19.2 Å². The fourth-order valence-electron chi connectivity index (χ4n) is 5.24. The minimum Gasteiger partial charge on any atom is -0.341 e. The summed E-state index contributed by atoms with van der Waals surface area (Å²) >= 11 is 0. The van der Waals surface area contributed by atoms with Crippen molar-refractivity contribution >= 4 is 36.1 Å². The van der Waals surface area contributed by atoms with Gasteiger partial charge in [-0.3, -0.25) is 24.4 Å². The monoisotopic (exact) mass is 631 g/mol. The van der Waals surface area contributed by atoms with E-state index in [0.717, 1.165) is 38.0 Å². The Bertz CT molecular complexity index is 1350. The van der Waals surface area contributed by atoms with Crippen molar-refractivity contribution in [3.8, 4) is 5.69 Å². The van der Waals surface area contributed by atoms with Gasteiger partial charge in [0.25, 0.3) is 0 Å². The summed E-state index contributed by atoms with van der Waals surface area (Å²) in [5, 5.41) is 5.44. The molecule has 0 saturated carbocycles. The molecular weight excluding hydrogens is 586 g/mol. The Morgan fingerprint density at radius 3 is 2.14 bits per heavy atom. The zero-order valence-corrected chi connectivity index (χ0v) is 26.8. The summed E-state index contributed by atoms with van der Waals surface area (Å²) in [7, 11) is 0. The molecular formula is C30H46ClN9O4. The minimum absolute atomic E-state index is 0. The zero-order chi connectivity index (χ0) is 31.3. The van der Waals surface area contributed by atoms with Crippen LogP contribution in [0.25, 0.3) is 5.69 Å². The second-order valence-corrected chi connectivity index (χ2v) is 12.3. The average Bonchev–Trinajstić information content (AvgIpc) is 2.98. The number of amides is 4. The molecule has 1 aromatic heterocycles. The summed E-state index contributed by atoms with van der Waals surface area (Å²) in [6.07, 6.45) is 3.60. The summed E-state index contributed by atoms with van der Waals surface area (Å²) in [4.78, 5) is 60.8. The highest BCUT2D eigenvalue weighted by molar-refractivity contribution is 5.93. The van der Waals surface area contributed by atoms with Gasteiger partial charge in [0, 0.05) is 45.0 Å². The number of nitrogens with two attached hydrogens (primary N) is 2. The van der Waals surface area contributed by atoms with Crippen molar-refractivity contribution in [2.24, 2.45) is 17.4 Å². The third-order valence-electron chi connectivity index (χ3n) is 8.14. The van der Waals surface area contributed by atoms with E-state index in [2.05, 4.69) is 20.5 Å². The first-order valence-electron chi connectivity index (χ1n) is 14.9. The number of aromatic nitrogens is 2. The Labute approximate surface area is 264 Å². The summed E-state index contributed by atoms with van der Waals surface area (Å²) in [5.41, 5.74) is 12.1. The summed E-state index contributed by atoms with van der Waals surface area (Å²) < 4.78 is 1.43. The van der Waals surface area contributed by atoms with Gasteiger partial charge in [-0.25, -0.2) is 9.59 Å². The number of urea groups is 1. The highest BCUT2D eigenvalue weighted by Crippen LogP contribution is 2.16. The van der Waals surface area contributed by atoms with Crippen molar-refractivity contribution in [1.29, 1.82) is 0 Å². The number of hydrogen-bond acceptors (Lipinski definition) is 8. The van der Waals surface area contributed by atoms with E-state index in [1.54, 1.807) is 35.9 Å². The van der Waals surface area contributed by atoms with Gasteiger partial charge >= 0.3 is 11.7 Å². The van der Waals surface area contributed by atoms with Crippen LogP contribution in [0.3, 0.4) is 0 Å². The molecule has 2 fully saturated rings. The molecule has 6 N–H and O–H groups in total. The molecule has 0 bridgehead atoms. The van der Waals surface area contributed by atoms with Crippen molar-refractivity contribution < 1.29 is 14.4 Å². The Balaban J connectivity index is 0.00000529. The standard InChI is InChI=1S/C30H45N9O4.ClH/c1-20(2)25(32)26(40)35-30(3,4)27(41)37-15-17-38(18-16-37)28(42)33-24-11-14-39(29(43)34-24)23-7-5-21(6-8-23)19-36-12-9-22(31)10-13-36;/h5-8,11,14,20,22,25H,9-10,12-13,15-19,31-32H2,1-4H3,(H,35,40)(H,33,34,42,43);1H/t25-;/m0./s1. The fraction of sp³-hybridized carbons (Fsp3) is 0.567. The van der Waals surface area contributed by atoms with Crippen molar-refractivity contribution in [2.45, 2.75) is 64.7 Å². The summed E-state index contributed by atoms with van der Waals surface area (Å²) in [6, 6.07) is 8.54. The van der Waals surface area contributed by atoms with Crippen LogP contribution in [0.4, 0.5) is 10.6 Å². The summed E-state index contributed by atoms with van der Waals surface area (Å²) in [5.74, 6) is -0.533. The van der Waals surface area contributed by atoms with Gasteiger partial charge in [0.15, 0.2) is 0 Å². The first-order chi connectivity index (χ1) is 20.3. The van der Waals surface area contributed by atoms with Crippen LogP contribution in [0.2, 0.25) is 0 Å². The van der Waals surface area contributed by atoms with Gasteiger partial charge in [-0.1, -0.05) is 26.0 Å². The predicted molar refractivity (Wildman–Crippen MR) is 172 cm³/mol. The van der Waals surface area contributed by atoms with Gasteiger partial charge in [-0.05, 0) is 69.5 Å². The quantitative estimate of drug-likeness (QED) is 0.336. The lowest BCUT2D eigenvalue weighted by molar-refractivity contribution is -0.142. The highest BCUT2D eigenvalue weighted by atomic mass is 35.5. The maximum absolute atomic E-state index is 13.1. The van der Waals surface area contributed by atoms with E-state index >= 15 is 0 Å². The third-order valence-corrected chi connectivity index (χ3v) is 8.14. The van der Waals surface area contributed by atoms with Crippen molar-refractivity contribution in [2.75, 3.05) is 44.6 Å². The Hall–Kier alpha value is -3.52. The van der Waals surface area contributed by atoms with E-state index in [1.807, 2.05) is 38.1 Å². The first-order valence-corrected chi connectivity index (χ1v) is 14.9. The second-order valence-electron chi connectivity index (χ2n) is 12.3. The molecule has 0 unspecified atom stereocenters. The van der Waals surface area contributed by atoms with E-state index in [1.165, 1.54) is 4.57 Å². The lowest BCUT2D eigenvalue weighted by atomic mass is 9.99. The number of likely N-dealkylation sites (tertiary alicyclic amines) is 1. The van der Waals surface area contributed by atoms with Crippen molar-refractivity contribution in [3.05, 3.63) is 52.6 Å². The van der Waals surface area contributed by atoms with Crippen LogP contribution in [-0.4, -0.2) is 99.0 Å². The third kappa shape index (κ3) is 8.78. The van der Waals surface area contributed by atoms with Crippen molar-refractivity contribution in [3.63, 3.8) is 0 Å². The first kappa shape index (κ1) is 35.0. The van der Waals surface area contributed by atoms with Gasteiger partial charge in [-0.15, -0.1) is 12.4 Å². The van der Waals surface area contributed by atoms with Crippen LogP contribution >= 0.6 is 12.4 Å². The van der Waals surface area contributed by atoms with E-state index < -0.39 is 23.3 Å². The molecule has 2 saturated heterocycles. The molecule has 2 aliphatic heterocycles. The largest absolute Gasteiger partial charge is 0.354 e. The lowest BCUT2D eigenvalue weighted by Gasteiger charge is -2.39. The maximum atomic E-state index is 13.1. The molecule has 242 valence electrons. The van der Waals surface area contributed by atoms with Crippen LogP contribution < -0.4 is 27.8 Å². The number of anilines is 1. The van der Waals surface area contributed by atoms with Crippen LogP contribution in [0.1, 0.15) is 46.1 Å². The van der Waals surface area contributed by atoms with E-state index in [4.69, 9.17) is 11.5 Å². The number of carbonyl (C=O) groups is 3. The Morgan fingerprint density at radius 1 is 0.977 bits per heavy atom. The van der Waals surface area contributed by atoms with Gasteiger partial charge in [0.2, 0.25) is 11.8 Å². The molecule has 13 nitrogen and oxygen atoms in total. The number of piperazine rings is 1. The van der Waals surface area contributed by atoms with Gasteiger partial charge in [0.05, 0.1) is 11.7 Å². The van der Waals surface area contributed by atoms with Crippen LogP contribution in [-0.2, 0) is 16.1 Å². The van der Waals surface area contributed by atoms with Gasteiger partial charge < -0.3 is 26.6 Å². The molecule has 14 heteroatoms.